The van der Waals surface area contributed by atoms with Gasteiger partial charge in [-0.25, -0.2) is 4.39 Å². The molecule has 0 unspecified atom stereocenters. The van der Waals surface area contributed by atoms with E-state index in [1.165, 1.54) is 17.0 Å². The SMILES string of the molecule is C=C(C)/C=C\C(=C/C)SNC1=CC=C(SCc2ccc(F)cc2Cl)CC=C1.CC(=O)O. The molecule has 31 heavy (non-hydrogen) atoms. The first-order valence-electron chi connectivity index (χ1n) is 9.47. The molecule has 1 aromatic rings. The summed E-state index contributed by atoms with van der Waals surface area (Å²) in [5.41, 5.74) is 3.00. The molecule has 0 saturated carbocycles. The smallest absolute Gasteiger partial charge is 0.300 e. The van der Waals surface area contributed by atoms with Crippen LogP contribution in [0.4, 0.5) is 4.39 Å². The third-order valence-electron chi connectivity index (χ3n) is 3.60. The molecule has 0 amide bonds. The van der Waals surface area contributed by atoms with Crippen LogP contribution in [0.3, 0.4) is 0 Å². The maximum absolute atomic E-state index is 13.1. The maximum atomic E-state index is 13.1. The van der Waals surface area contributed by atoms with Gasteiger partial charge < -0.3 is 9.83 Å². The van der Waals surface area contributed by atoms with Crippen molar-refractivity contribution in [3.8, 4) is 0 Å². The molecule has 0 spiro atoms. The highest BCUT2D eigenvalue weighted by molar-refractivity contribution is 8.02. The molecular formula is C24H27ClFNO2S2. The highest BCUT2D eigenvalue weighted by Gasteiger charge is 2.06. The first kappa shape index (κ1) is 26.9. The fraction of sp³-hybridized carbons (Fsp3) is 0.208. The number of nitrogens with one attached hydrogen (secondary N) is 1. The minimum absolute atomic E-state index is 0.305. The average molecular weight is 480 g/mol. The van der Waals surface area contributed by atoms with Gasteiger partial charge in [-0.1, -0.05) is 54.1 Å². The molecule has 0 aromatic heterocycles. The Hall–Kier alpha value is -2.15. The summed E-state index contributed by atoms with van der Waals surface area (Å²) in [6.07, 6.45) is 15.4. The lowest BCUT2D eigenvalue weighted by Crippen LogP contribution is -2.00. The van der Waals surface area contributed by atoms with E-state index in [0.717, 1.165) is 40.8 Å². The van der Waals surface area contributed by atoms with Crippen LogP contribution in [0.5, 0.6) is 0 Å². The molecule has 3 nitrogen and oxygen atoms in total. The fourth-order valence-electron chi connectivity index (χ4n) is 2.12. The van der Waals surface area contributed by atoms with E-state index in [1.807, 2.05) is 26.0 Å². The van der Waals surface area contributed by atoms with Crippen LogP contribution >= 0.6 is 35.3 Å². The van der Waals surface area contributed by atoms with Gasteiger partial charge in [0.2, 0.25) is 0 Å². The lowest BCUT2D eigenvalue weighted by Gasteiger charge is -2.06. The number of carboxylic acids is 1. The van der Waals surface area contributed by atoms with Crippen LogP contribution < -0.4 is 4.72 Å². The number of carboxylic acid groups (broad SMARTS) is 1. The van der Waals surface area contributed by atoms with Gasteiger partial charge in [-0.05, 0) is 73.0 Å². The zero-order valence-corrected chi connectivity index (χ0v) is 20.2. The Balaban J connectivity index is 0.00000110. The standard InChI is InChI=1S/C22H23ClFNS2.C2H4O2/c1-4-20(12-8-16(2)3)27-25-19-6-5-7-21(13-11-19)26-15-17-9-10-18(24)14-22(17)23;1-2(3)4/h4-6,8-14,25H,2,7,15H2,1,3H3;1H3,(H,3,4)/b12-8-,20-4+;. The topological polar surface area (TPSA) is 49.3 Å². The first-order valence-corrected chi connectivity index (χ1v) is 11.7. The van der Waals surface area contributed by atoms with Gasteiger partial charge in [0, 0.05) is 28.3 Å². The van der Waals surface area contributed by atoms with E-state index in [-0.39, 0.29) is 5.82 Å². The molecule has 1 aliphatic rings. The Labute approximate surface area is 197 Å². The van der Waals surface area contributed by atoms with Crippen molar-refractivity contribution in [3.05, 3.63) is 105 Å². The van der Waals surface area contributed by atoms with Crippen molar-refractivity contribution in [3.63, 3.8) is 0 Å². The van der Waals surface area contributed by atoms with Gasteiger partial charge in [-0.15, -0.1) is 11.8 Å². The number of allylic oxidation sites excluding steroid dienone is 9. The molecule has 1 aromatic carbocycles. The summed E-state index contributed by atoms with van der Waals surface area (Å²) >= 11 is 9.39. The molecule has 0 fully saturated rings. The largest absolute Gasteiger partial charge is 0.481 e. The zero-order valence-electron chi connectivity index (χ0n) is 17.8. The Bertz CT molecular complexity index is 930. The highest BCUT2D eigenvalue weighted by Crippen LogP contribution is 2.30. The van der Waals surface area contributed by atoms with Crippen molar-refractivity contribution in [1.29, 1.82) is 0 Å². The molecule has 0 bridgehead atoms. The van der Waals surface area contributed by atoms with Crippen molar-refractivity contribution in [2.45, 2.75) is 32.9 Å². The summed E-state index contributed by atoms with van der Waals surface area (Å²) in [7, 11) is 0. The molecule has 0 atom stereocenters. The van der Waals surface area contributed by atoms with E-state index < -0.39 is 5.97 Å². The number of carbonyl (C=O) groups is 1. The van der Waals surface area contributed by atoms with Gasteiger partial charge in [0.15, 0.2) is 0 Å². The molecule has 2 N–H and O–H groups in total. The van der Waals surface area contributed by atoms with Crippen LogP contribution in [0, 0.1) is 5.82 Å². The number of halogens is 2. The lowest BCUT2D eigenvalue weighted by molar-refractivity contribution is -0.134. The van der Waals surface area contributed by atoms with Crippen LogP contribution in [-0.2, 0) is 10.5 Å². The molecule has 2 rings (SSSR count). The van der Waals surface area contributed by atoms with E-state index >= 15 is 0 Å². The van der Waals surface area contributed by atoms with Gasteiger partial charge in [-0.3, -0.25) is 4.79 Å². The number of benzene rings is 1. The van der Waals surface area contributed by atoms with E-state index in [0.29, 0.717) is 5.02 Å². The number of hydrogen-bond donors (Lipinski definition) is 2. The van der Waals surface area contributed by atoms with Crippen LogP contribution in [0.15, 0.2) is 88.4 Å². The zero-order chi connectivity index (χ0) is 23.2. The van der Waals surface area contributed by atoms with Crippen molar-refractivity contribution in [2.75, 3.05) is 0 Å². The monoisotopic (exact) mass is 479 g/mol. The third-order valence-corrected chi connectivity index (χ3v) is 6.02. The van der Waals surface area contributed by atoms with E-state index in [9.17, 15) is 4.39 Å². The summed E-state index contributed by atoms with van der Waals surface area (Å²) < 4.78 is 16.5. The van der Waals surface area contributed by atoms with Gasteiger partial charge >= 0.3 is 0 Å². The van der Waals surface area contributed by atoms with Crippen LogP contribution in [-0.4, -0.2) is 11.1 Å². The van der Waals surface area contributed by atoms with Crippen molar-refractivity contribution in [2.24, 2.45) is 0 Å². The summed E-state index contributed by atoms with van der Waals surface area (Å²) in [5.74, 6) is -0.418. The van der Waals surface area contributed by atoms with Gasteiger partial charge in [-0.2, -0.15) is 0 Å². The Morgan fingerprint density at radius 3 is 2.65 bits per heavy atom. The molecule has 7 heteroatoms. The first-order chi connectivity index (χ1) is 14.7. The second kappa shape index (κ2) is 14.8. The summed E-state index contributed by atoms with van der Waals surface area (Å²) in [6.45, 7) is 8.95. The summed E-state index contributed by atoms with van der Waals surface area (Å²) in [4.78, 5) is 11.4. The van der Waals surface area contributed by atoms with Gasteiger partial charge in [0.05, 0.1) is 0 Å². The van der Waals surface area contributed by atoms with E-state index in [2.05, 4.69) is 41.7 Å². The maximum Gasteiger partial charge on any atom is 0.300 e. The minimum Gasteiger partial charge on any atom is -0.481 e. The fourth-order valence-corrected chi connectivity index (χ4v) is 4.03. The quantitative estimate of drug-likeness (QED) is 0.294. The normalized spacial score (nSPS) is 13.6. The number of thioether (sulfide) groups is 1. The van der Waals surface area contributed by atoms with Crippen LogP contribution in [0.2, 0.25) is 5.02 Å². The number of rotatable bonds is 8. The summed E-state index contributed by atoms with van der Waals surface area (Å²) in [6, 6.07) is 4.55. The molecule has 166 valence electrons. The Morgan fingerprint density at radius 1 is 1.32 bits per heavy atom. The molecular weight excluding hydrogens is 453 g/mol. The van der Waals surface area contributed by atoms with Gasteiger partial charge in [0.25, 0.3) is 5.97 Å². The van der Waals surface area contributed by atoms with Gasteiger partial charge in [0.1, 0.15) is 5.82 Å². The Morgan fingerprint density at radius 2 is 2.03 bits per heavy atom. The number of aliphatic carboxylic acids is 1. The van der Waals surface area contributed by atoms with Crippen LogP contribution in [0.25, 0.3) is 0 Å². The second-order valence-electron chi connectivity index (χ2n) is 6.48. The highest BCUT2D eigenvalue weighted by atomic mass is 35.5. The molecule has 1 aliphatic carbocycles. The average Bonchev–Trinajstić information content (AvgIpc) is 2.92. The van der Waals surface area contributed by atoms with Crippen molar-refractivity contribution in [1.82, 2.24) is 4.72 Å². The van der Waals surface area contributed by atoms with E-state index in [4.69, 9.17) is 21.5 Å². The second-order valence-corrected chi connectivity index (χ2v) is 8.87. The lowest BCUT2D eigenvalue weighted by atomic mass is 10.2. The molecule has 0 radical (unpaired) electrons. The molecule has 0 aliphatic heterocycles. The summed E-state index contributed by atoms with van der Waals surface area (Å²) in [5, 5.41) is 7.89. The van der Waals surface area contributed by atoms with Crippen LogP contribution in [0.1, 0.15) is 32.8 Å². The predicted molar refractivity (Wildman–Crippen MR) is 134 cm³/mol. The third kappa shape index (κ3) is 12.3. The predicted octanol–water partition coefficient (Wildman–Crippen LogP) is 7.80. The number of hydrogen-bond acceptors (Lipinski definition) is 4. The van der Waals surface area contributed by atoms with E-state index in [1.54, 1.807) is 29.8 Å². The van der Waals surface area contributed by atoms with Crippen molar-refractivity contribution < 1.29 is 14.3 Å². The molecule has 0 heterocycles. The Kier molecular flexibility index (Phi) is 12.8. The molecule has 0 saturated heterocycles. The minimum atomic E-state index is -0.833. The van der Waals surface area contributed by atoms with Crippen molar-refractivity contribution >= 4 is 41.3 Å².